The molecule has 0 saturated carbocycles. The molecule has 37 heavy (non-hydrogen) atoms. The molecule has 194 valence electrons. The first-order valence-corrected chi connectivity index (χ1v) is 13.1. The maximum Gasteiger partial charge on any atom is 0.248 e. The van der Waals surface area contributed by atoms with Gasteiger partial charge in [-0.15, -0.1) is 10.2 Å². The van der Waals surface area contributed by atoms with Gasteiger partial charge in [-0.1, -0.05) is 36.4 Å². The number of aromatic nitrogens is 6. The summed E-state index contributed by atoms with van der Waals surface area (Å²) in [5.41, 5.74) is 2.32. The van der Waals surface area contributed by atoms with E-state index in [1.165, 1.54) is 0 Å². The molecule has 3 aromatic rings. The first kappa shape index (κ1) is 23.6. The first-order chi connectivity index (χ1) is 17.9. The smallest absolute Gasteiger partial charge is 0.248 e. The summed E-state index contributed by atoms with van der Waals surface area (Å²) < 4.78 is 3.35. The molecule has 1 N–H and O–H groups in total. The third kappa shape index (κ3) is 4.15. The largest absolute Gasteiger partial charge is 0.508 e. The summed E-state index contributed by atoms with van der Waals surface area (Å²) in [5.74, 6) is 0.166. The predicted molar refractivity (Wildman–Crippen MR) is 132 cm³/mol. The van der Waals surface area contributed by atoms with Crippen LogP contribution in [0.1, 0.15) is 80.6 Å². The molecule has 1 aromatic carbocycles. The van der Waals surface area contributed by atoms with E-state index in [1.807, 2.05) is 48.2 Å². The van der Waals surface area contributed by atoms with Crippen molar-refractivity contribution in [2.24, 2.45) is 5.92 Å². The third-order valence-electron chi connectivity index (χ3n) is 7.95. The molecule has 6 rings (SSSR count). The van der Waals surface area contributed by atoms with Crippen molar-refractivity contribution < 1.29 is 14.7 Å². The molecule has 11 nitrogen and oxygen atoms in total. The fourth-order valence-corrected chi connectivity index (χ4v) is 6.06. The summed E-state index contributed by atoms with van der Waals surface area (Å²) in [5, 5.41) is 27.5. The maximum absolute atomic E-state index is 14.1. The van der Waals surface area contributed by atoms with E-state index in [9.17, 15) is 14.7 Å². The van der Waals surface area contributed by atoms with Crippen molar-refractivity contribution in [3.05, 3.63) is 53.6 Å². The maximum atomic E-state index is 14.1. The average molecular weight is 505 g/mol. The van der Waals surface area contributed by atoms with E-state index in [2.05, 4.69) is 20.6 Å². The molecule has 2 saturated heterocycles. The number of rotatable bonds is 3. The third-order valence-corrected chi connectivity index (χ3v) is 7.95. The van der Waals surface area contributed by atoms with Crippen molar-refractivity contribution in [1.82, 2.24) is 39.8 Å². The number of phenols is 1. The monoisotopic (exact) mass is 504 g/mol. The van der Waals surface area contributed by atoms with Crippen LogP contribution in [0.4, 0.5) is 0 Å². The number of hydrogen-bond donors (Lipinski definition) is 1. The van der Waals surface area contributed by atoms with Crippen molar-refractivity contribution in [3.63, 3.8) is 0 Å². The zero-order chi connectivity index (χ0) is 25.7. The highest BCUT2D eigenvalue weighted by Crippen LogP contribution is 2.37. The van der Waals surface area contributed by atoms with E-state index < -0.39 is 12.1 Å². The molecule has 2 fully saturated rings. The highest BCUT2D eigenvalue weighted by molar-refractivity contribution is 5.82. The Morgan fingerprint density at radius 3 is 2.05 bits per heavy atom. The van der Waals surface area contributed by atoms with Crippen molar-refractivity contribution in [2.45, 2.75) is 70.1 Å². The van der Waals surface area contributed by atoms with Gasteiger partial charge in [-0.25, -0.2) is 9.36 Å². The van der Waals surface area contributed by atoms with Crippen LogP contribution in [0.2, 0.25) is 0 Å². The summed E-state index contributed by atoms with van der Waals surface area (Å²) in [6.07, 6.45) is 7.41. The van der Waals surface area contributed by atoms with Gasteiger partial charge in [-0.3, -0.25) is 9.59 Å². The minimum Gasteiger partial charge on any atom is -0.508 e. The van der Waals surface area contributed by atoms with E-state index in [-0.39, 0.29) is 35.6 Å². The van der Waals surface area contributed by atoms with Gasteiger partial charge in [0.2, 0.25) is 11.8 Å². The van der Waals surface area contributed by atoms with Crippen molar-refractivity contribution in [2.75, 3.05) is 13.1 Å². The van der Waals surface area contributed by atoms with Crippen LogP contribution in [0.25, 0.3) is 0 Å². The Kier molecular flexibility index (Phi) is 5.92. The molecular formula is C26H32N8O3. The number of fused-ring (bicyclic) bond motifs is 8. The van der Waals surface area contributed by atoms with Crippen LogP contribution in [0.15, 0.2) is 36.7 Å². The van der Waals surface area contributed by atoms with E-state index in [1.54, 1.807) is 21.5 Å². The minimum absolute atomic E-state index is 0.0144. The van der Waals surface area contributed by atoms with Gasteiger partial charge in [0.25, 0.3) is 0 Å². The molecule has 4 bridgehead atoms. The minimum atomic E-state index is -0.613. The van der Waals surface area contributed by atoms with Gasteiger partial charge in [0.1, 0.15) is 29.2 Å². The molecule has 0 aliphatic carbocycles. The van der Waals surface area contributed by atoms with Gasteiger partial charge >= 0.3 is 0 Å². The Morgan fingerprint density at radius 1 is 0.865 bits per heavy atom. The first-order valence-electron chi connectivity index (χ1n) is 13.1. The van der Waals surface area contributed by atoms with Crippen LogP contribution >= 0.6 is 0 Å². The molecular weight excluding hydrogens is 472 g/mol. The fraction of sp³-hybridized carbons (Fsp3) is 0.538. The summed E-state index contributed by atoms with van der Waals surface area (Å²) in [6, 6.07) is 5.39. The second-order valence-electron chi connectivity index (χ2n) is 10.7. The topological polar surface area (TPSA) is 122 Å². The average Bonchev–Trinajstić information content (AvgIpc) is 3.68. The van der Waals surface area contributed by atoms with E-state index >= 15 is 0 Å². The highest BCUT2D eigenvalue weighted by atomic mass is 16.3. The van der Waals surface area contributed by atoms with Crippen LogP contribution in [0.5, 0.6) is 5.75 Å². The Labute approximate surface area is 215 Å². The molecule has 2 amide bonds. The lowest BCUT2D eigenvalue weighted by Gasteiger charge is -2.30. The zero-order valence-electron chi connectivity index (χ0n) is 21.1. The molecule has 0 spiro atoms. The molecule has 3 aliphatic rings. The summed E-state index contributed by atoms with van der Waals surface area (Å²) in [4.78, 5) is 31.7. The zero-order valence-corrected chi connectivity index (χ0v) is 21.1. The lowest BCUT2D eigenvalue weighted by atomic mass is 10.0. The second kappa shape index (κ2) is 9.28. The van der Waals surface area contributed by atoms with Gasteiger partial charge < -0.3 is 14.9 Å². The quantitative estimate of drug-likeness (QED) is 0.582. The van der Waals surface area contributed by atoms with Crippen LogP contribution in [-0.4, -0.2) is 69.8 Å². The van der Waals surface area contributed by atoms with Crippen molar-refractivity contribution in [1.29, 1.82) is 0 Å². The van der Waals surface area contributed by atoms with E-state index in [4.69, 9.17) is 0 Å². The SMILES string of the molecule is CC(C)[C@H]1C(=O)N2CCC[C@H]2c2cn(nn2)[C@@H](Cc2ccc(O)cc2)C(=O)N2CCC[C@H]2c2cn1nn2. The lowest BCUT2D eigenvalue weighted by molar-refractivity contribution is -0.138. The van der Waals surface area contributed by atoms with Gasteiger partial charge in [0, 0.05) is 19.5 Å². The van der Waals surface area contributed by atoms with Crippen molar-refractivity contribution >= 4 is 11.8 Å². The number of benzene rings is 1. The van der Waals surface area contributed by atoms with Gasteiger partial charge in [0.05, 0.1) is 24.5 Å². The molecule has 11 heteroatoms. The molecule has 4 atom stereocenters. The standard InChI is InChI=1S/C26H32N8O3/c1-16(2)24-26(37)32-12-4-6-22(32)19-14-33(29-27-19)23(13-17-7-9-18(35)10-8-17)25(36)31-11-3-5-21(31)20-15-34(24)30-28-20/h7-10,14-16,21-24,35H,3-6,11-13H2,1-2H3/t21-,22-,23-,24-/m0/s1. The van der Waals surface area contributed by atoms with Crippen LogP contribution in [0, 0.1) is 5.92 Å². The second-order valence-corrected chi connectivity index (χ2v) is 10.7. The number of aromatic hydroxyl groups is 1. The highest BCUT2D eigenvalue weighted by Gasteiger charge is 2.41. The Morgan fingerprint density at radius 2 is 1.43 bits per heavy atom. The number of carbonyl (C=O) groups excluding carboxylic acids is 2. The number of phenolic OH excluding ortho intramolecular Hbond substituents is 1. The van der Waals surface area contributed by atoms with Crippen LogP contribution < -0.4 is 0 Å². The van der Waals surface area contributed by atoms with Gasteiger partial charge in [-0.05, 0) is 49.3 Å². The van der Waals surface area contributed by atoms with Gasteiger partial charge in [-0.2, -0.15) is 0 Å². The molecule has 2 aromatic heterocycles. The Bertz CT molecular complexity index is 1300. The lowest BCUT2D eigenvalue weighted by Crippen LogP contribution is -2.40. The summed E-state index contributed by atoms with van der Waals surface area (Å²) in [6.45, 7) is 5.31. The van der Waals surface area contributed by atoms with E-state index in [0.29, 0.717) is 30.9 Å². The van der Waals surface area contributed by atoms with Gasteiger partial charge in [0.15, 0.2) is 0 Å². The Balaban J connectivity index is 1.45. The van der Waals surface area contributed by atoms with Crippen molar-refractivity contribution in [3.8, 4) is 5.75 Å². The van der Waals surface area contributed by atoms with E-state index in [0.717, 1.165) is 31.2 Å². The molecule has 0 unspecified atom stereocenters. The molecule has 0 radical (unpaired) electrons. The summed E-state index contributed by atoms with van der Waals surface area (Å²) >= 11 is 0. The molecule has 3 aliphatic heterocycles. The Hall–Kier alpha value is -3.76. The van der Waals surface area contributed by atoms with Crippen LogP contribution in [0.3, 0.4) is 0 Å². The number of amides is 2. The number of hydrogen-bond acceptors (Lipinski definition) is 7. The number of nitrogens with zero attached hydrogens (tertiary/aromatic N) is 8. The summed E-state index contributed by atoms with van der Waals surface area (Å²) in [7, 11) is 0. The number of carbonyl (C=O) groups is 2. The molecule has 5 heterocycles. The predicted octanol–water partition coefficient (Wildman–Crippen LogP) is 2.60. The fourth-order valence-electron chi connectivity index (χ4n) is 6.06. The normalized spacial score (nSPS) is 25.9. The van der Waals surface area contributed by atoms with Crippen LogP contribution in [-0.2, 0) is 16.0 Å².